The van der Waals surface area contributed by atoms with Crippen LogP contribution in [0, 0.1) is 0 Å². The molecule has 0 saturated carbocycles. The lowest BCUT2D eigenvalue weighted by atomic mass is 10.2. The van der Waals surface area contributed by atoms with E-state index in [0.29, 0.717) is 18.8 Å². The highest BCUT2D eigenvalue weighted by Gasteiger charge is 2.33. The van der Waals surface area contributed by atoms with Crippen LogP contribution in [0.3, 0.4) is 0 Å². The minimum Gasteiger partial charge on any atom is -0.357 e. The largest absolute Gasteiger partial charge is 0.357 e. The predicted molar refractivity (Wildman–Crippen MR) is 60.7 cm³/mol. The van der Waals surface area contributed by atoms with Gasteiger partial charge < -0.3 is 16.0 Å². The fraction of sp³-hybridized carbons (Fsp3) is 0.778. The van der Waals surface area contributed by atoms with Crippen LogP contribution in [0.15, 0.2) is 0 Å². The van der Waals surface area contributed by atoms with Crippen molar-refractivity contribution >= 4 is 22.9 Å². The number of carbonyl (C=O) groups excluding carboxylic acids is 2. The molecule has 86 valence electrons. The molecule has 0 radical (unpaired) electrons. The van der Waals surface area contributed by atoms with Crippen molar-refractivity contribution in [1.29, 1.82) is 0 Å². The maximum atomic E-state index is 11.7. The number of rotatable bonds is 3. The first kappa shape index (κ1) is 12.3. The molecule has 6 heteroatoms. The Bertz CT molecular complexity index is 248. The number of nitrogens with two attached hydrogens (primary N) is 1. The third kappa shape index (κ3) is 3.10. The molecule has 2 amide bonds. The van der Waals surface area contributed by atoms with Crippen molar-refractivity contribution in [2.45, 2.75) is 18.9 Å². The van der Waals surface area contributed by atoms with E-state index < -0.39 is 0 Å². The van der Waals surface area contributed by atoms with E-state index in [1.54, 1.807) is 11.9 Å². The minimum absolute atomic E-state index is 0.0356. The molecule has 1 atom stereocenters. The second-order valence-corrected chi connectivity index (χ2v) is 4.41. The van der Waals surface area contributed by atoms with Gasteiger partial charge in [-0.05, 0) is 12.8 Å². The van der Waals surface area contributed by atoms with Crippen LogP contribution in [-0.4, -0.2) is 48.0 Å². The van der Waals surface area contributed by atoms with Crippen molar-refractivity contribution in [3.63, 3.8) is 0 Å². The van der Waals surface area contributed by atoms with Crippen molar-refractivity contribution in [2.75, 3.05) is 25.9 Å². The lowest BCUT2D eigenvalue weighted by molar-refractivity contribution is -0.124. The molecule has 5 nitrogen and oxygen atoms in total. The Kier molecular flexibility index (Phi) is 4.90. The number of hydrogen-bond donors (Lipinski definition) is 2. The summed E-state index contributed by atoms with van der Waals surface area (Å²) in [7, 11) is 1.59. The van der Waals surface area contributed by atoms with Gasteiger partial charge in [-0.1, -0.05) is 11.8 Å². The maximum absolute atomic E-state index is 11.7. The second kappa shape index (κ2) is 5.97. The van der Waals surface area contributed by atoms with E-state index in [-0.39, 0.29) is 17.2 Å². The molecule has 1 rings (SSSR count). The van der Waals surface area contributed by atoms with E-state index in [1.807, 2.05) is 0 Å². The monoisotopic (exact) mass is 231 g/mol. The van der Waals surface area contributed by atoms with E-state index in [9.17, 15) is 9.59 Å². The average Bonchev–Trinajstić information content (AvgIpc) is 2.73. The molecular formula is C9H17N3O2S. The van der Waals surface area contributed by atoms with Gasteiger partial charge in [-0.2, -0.15) is 0 Å². The summed E-state index contributed by atoms with van der Waals surface area (Å²) in [5.41, 5.74) is 5.33. The number of thioether (sulfide) groups is 1. The molecule has 15 heavy (non-hydrogen) atoms. The SMILES string of the molecule is CNC(=O)C1CCCN1C(=O)SCCN. The Labute approximate surface area is 93.7 Å². The molecule has 0 bridgehead atoms. The van der Waals surface area contributed by atoms with E-state index in [4.69, 9.17) is 5.73 Å². The first-order chi connectivity index (χ1) is 7.20. The molecule has 1 unspecified atom stereocenters. The zero-order valence-electron chi connectivity index (χ0n) is 8.86. The molecule has 1 fully saturated rings. The first-order valence-corrected chi connectivity index (χ1v) is 6.04. The minimum atomic E-state index is -0.284. The summed E-state index contributed by atoms with van der Waals surface area (Å²) in [6.45, 7) is 1.16. The summed E-state index contributed by atoms with van der Waals surface area (Å²) < 4.78 is 0. The Morgan fingerprint density at radius 1 is 1.60 bits per heavy atom. The van der Waals surface area contributed by atoms with Crippen molar-refractivity contribution in [3.05, 3.63) is 0 Å². The molecule has 1 aliphatic rings. The fourth-order valence-electron chi connectivity index (χ4n) is 1.65. The van der Waals surface area contributed by atoms with Gasteiger partial charge in [-0.15, -0.1) is 0 Å². The third-order valence-electron chi connectivity index (χ3n) is 2.38. The molecule has 1 heterocycles. The molecule has 0 aromatic heterocycles. The lowest BCUT2D eigenvalue weighted by Crippen LogP contribution is -2.43. The topological polar surface area (TPSA) is 75.4 Å². The molecule has 3 N–H and O–H groups in total. The average molecular weight is 231 g/mol. The van der Waals surface area contributed by atoms with Crippen LogP contribution in [0.1, 0.15) is 12.8 Å². The lowest BCUT2D eigenvalue weighted by Gasteiger charge is -2.22. The smallest absolute Gasteiger partial charge is 0.282 e. The van der Waals surface area contributed by atoms with Gasteiger partial charge in [-0.3, -0.25) is 9.59 Å². The number of nitrogens with one attached hydrogen (secondary N) is 1. The summed E-state index contributed by atoms with van der Waals surface area (Å²) >= 11 is 1.19. The predicted octanol–water partition coefficient (Wildman–Crippen LogP) is 0.00870. The molecular weight excluding hydrogens is 214 g/mol. The highest BCUT2D eigenvalue weighted by Crippen LogP contribution is 2.21. The van der Waals surface area contributed by atoms with Gasteiger partial charge in [-0.25, -0.2) is 0 Å². The third-order valence-corrected chi connectivity index (χ3v) is 3.30. The molecule has 0 aliphatic carbocycles. The number of amides is 2. The van der Waals surface area contributed by atoms with Gasteiger partial charge >= 0.3 is 0 Å². The van der Waals surface area contributed by atoms with Crippen molar-refractivity contribution in [3.8, 4) is 0 Å². The van der Waals surface area contributed by atoms with E-state index in [0.717, 1.165) is 12.8 Å². The highest BCUT2D eigenvalue weighted by atomic mass is 32.2. The number of likely N-dealkylation sites (N-methyl/N-ethyl adjacent to an activating group) is 1. The normalized spacial score (nSPS) is 20.4. The molecule has 1 saturated heterocycles. The van der Waals surface area contributed by atoms with Crippen molar-refractivity contribution < 1.29 is 9.59 Å². The van der Waals surface area contributed by atoms with Crippen LogP contribution in [0.5, 0.6) is 0 Å². The maximum Gasteiger partial charge on any atom is 0.282 e. The standard InChI is InChI=1S/C9H17N3O2S/c1-11-8(13)7-3-2-5-12(7)9(14)15-6-4-10/h7H,2-6,10H2,1H3,(H,11,13). The van der Waals surface area contributed by atoms with Crippen molar-refractivity contribution in [1.82, 2.24) is 10.2 Å². The summed E-state index contributed by atoms with van der Waals surface area (Å²) in [6.07, 6.45) is 1.65. The quantitative estimate of drug-likeness (QED) is 0.717. The van der Waals surface area contributed by atoms with Gasteiger partial charge in [0.05, 0.1) is 0 Å². The second-order valence-electron chi connectivity index (χ2n) is 3.37. The number of nitrogens with zero attached hydrogens (tertiary/aromatic N) is 1. The Hall–Kier alpha value is -0.750. The molecule has 0 spiro atoms. The van der Waals surface area contributed by atoms with Crippen molar-refractivity contribution in [2.24, 2.45) is 5.73 Å². The molecule has 0 aromatic carbocycles. The highest BCUT2D eigenvalue weighted by molar-refractivity contribution is 8.13. The first-order valence-electron chi connectivity index (χ1n) is 5.05. The molecule has 1 aliphatic heterocycles. The van der Waals surface area contributed by atoms with E-state index in [2.05, 4.69) is 5.32 Å². The van der Waals surface area contributed by atoms with E-state index in [1.165, 1.54) is 11.8 Å². The Morgan fingerprint density at radius 2 is 2.33 bits per heavy atom. The van der Waals surface area contributed by atoms with Crippen LogP contribution < -0.4 is 11.1 Å². The number of carbonyl (C=O) groups is 2. The van der Waals surface area contributed by atoms with E-state index >= 15 is 0 Å². The zero-order chi connectivity index (χ0) is 11.3. The van der Waals surface area contributed by atoms with Crippen LogP contribution >= 0.6 is 11.8 Å². The van der Waals surface area contributed by atoms with Crippen LogP contribution in [0.25, 0.3) is 0 Å². The molecule has 0 aromatic rings. The van der Waals surface area contributed by atoms with Crippen LogP contribution in [0.4, 0.5) is 4.79 Å². The summed E-state index contributed by atoms with van der Waals surface area (Å²) in [6, 6.07) is -0.284. The summed E-state index contributed by atoms with van der Waals surface area (Å²) in [5, 5.41) is 2.55. The van der Waals surface area contributed by atoms with Gasteiger partial charge in [0.2, 0.25) is 5.91 Å². The van der Waals surface area contributed by atoms with Gasteiger partial charge in [0.25, 0.3) is 5.24 Å². The van der Waals surface area contributed by atoms with Crippen LogP contribution in [0.2, 0.25) is 0 Å². The van der Waals surface area contributed by atoms with Gasteiger partial charge in [0.15, 0.2) is 0 Å². The Balaban J connectivity index is 2.52. The zero-order valence-corrected chi connectivity index (χ0v) is 9.68. The fourth-order valence-corrected chi connectivity index (χ4v) is 2.33. The summed E-state index contributed by atoms with van der Waals surface area (Å²) in [4.78, 5) is 24.8. The van der Waals surface area contributed by atoms with Crippen LogP contribution in [-0.2, 0) is 4.79 Å². The number of hydrogen-bond acceptors (Lipinski definition) is 4. The number of likely N-dealkylation sites (tertiary alicyclic amines) is 1. The summed E-state index contributed by atoms with van der Waals surface area (Å²) in [5.74, 6) is 0.532. The Morgan fingerprint density at radius 3 is 2.93 bits per heavy atom. The van der Waals surface area contributed by atoms with Gasteiger partial charge in [0.1, 0.15) is 6.04 Å². The van der Waals surface area contributed by atoms with Gasteiger partial charge in [0, 0.05) is 25.9 Å².